The number of hydrogen-bond donors (Lipinski definition) is 1. The Hall–Kier alpha value is -2.39. The number of anilines is 1. The molecule has 0 saturated heterocycles. The average molecular weight is 580 g/mol. The molecule has 1 N–H and O–H groups in total. The van der Waals surface area contributed by atoms with E-state index in [4.69, 9.17) is 46.4 Å². The lowest BCUT2D eigenvalue weighted by molar-refractivity contribution is -0.117. The minimum atomic E-state index is -2.83. The van der Waals surface area contributed by atoms with Crippen LogP contribution < -0.4 is 5.32 Å². The molecule has 4 nitrogen and oxygen atoms in total. The van der Waals surface area contributed by atoms with Crippen LogP contribution in [0.15, 0.2) is 48.7 Å². The Kier molecular flexibility index (Phi) is 7.53. The first-order chi connectivity index (χ1) is 16.9. The van der Waals surface area contributed by atoms with Gasteiger partial charge in [0.15, 0.2) is 5.78 Å². The predicted molar refractivity (Wildman–Crippen MR) is 129 cm³/mol. The van der Waals surface area contributed by atoms with Crippen molar-refractivity contribution in [2.45, 2.75) is 23.1 Å². The van der Waals surface area contributed by atoms with Crippen LogP contribution >= 0.6 is 46.4 Å². The molecule has 0 bridgehead atoms. The fraction of sp³-hybridized carbons (Fsp3) is 0.208. The van der Waals surface area contributed by atoms with E-state index in [-0.39, 0.29) is 27.0 Å². The number of halogens is 8. The van der Waals surface area contributed by atoms with Crippen LogP contribution in [0.1, 0.15) is 39.5 Å². The van der Waals surface area contributed by atoms with Gasteiger partial charge in [0.05, 0.1) is 29.3 Å². The summed E-state index contributed by atoms with van der Waals surface area (Å²) in [7, 11) is 0. The number of Topliss-reactive ketones (excluding diaryl/α,β-unsaturated/α-hetero) is 1. The molecular weight excluding hydrogens is 566 g/mol. The second kappa shape index (κ2) is 10.2. The van der Waals surface area contributed by atoms with Gasteiger partial charge >= 0.3 is 0 Å². The first-order valence-electron chi connectivity index (χ1n) is 10.3. The van der Waals surface area contributed by atoms with E-state index in [9.17, 15) is 27.2 Å². The first kappa shape index (κ1) is 26.7. The predicted octanol–water partition coefficient (Wildman–Crippen LogP) is 7.56. The highest BCUT2D eigenvalue weighted by molar-refractivity contribution is 6.53. The maximum atomic E-state index is 13.9. The fourth-order valence-electron chi connectivity index (χ4n) is 3.85. The summed E-state index contributed by atoms with van der Waals surface area (Å²) in [6, 6.07) is 8.57. The van der Waals surface area contributed by atoms with Crippen LogP contribution in [0.2, 0.25) is 10.0 Å². The van der Waals surface area contributed by atoms with Crippen molar-refractivity contribution in [3.63, 3.8) is 0 Å². The van der Waals surface area contributed by atoms with Gasteiger partial charge in [0.25, 0.3) is 6.43 Å². The van der Waals surface area contributed by atoms with Gasteiger partial charge in [-0.05, 0) is 35.9 Å². The molecule has 0 radical (unpaired) electrons. The van der Waals surface area contributed by atoms with Crippen molar-refractivity contribution in [1.82, 2.24) is 4.98 Å². The van der Waals surface area contributed by atoms with Gasteiger partial charge in [0.2, 0.25) is 5.91 Å². The second-order valence-electron chi connectivity index (χ2n) is 8.08. The molecule has 1 aromatic heterocycles. The van der Waals surface area contributed by atoms with E-state index in [0.29, 0.717) is 11.6 Å². The largest absolute Gasteiger partial charge is 0.326 e. The second-order valence-corrected chi connectivity index (χ2v) is 10.3. The summed E-state index contributed by atoms with van der Waals surface area (Å²) >= 11 is 24.5. The van der Waals surface area contributed by atoms with E-state index in [0.717, 1.165) is 12.3 Å². The van der Waals surface area contributed by atoms with Crippen LogP contribution in [0.5, 0.6) is 0 Å². The third-order valence-corrected chi connectivity index (χ3v) is 7.31. The molecule has 1 aliphatic carbocycles. The van der Waals surface area contributed by atoms with Crippen molar-refractivity contribution in [2.75, 3.05) is 5.32 Å². The lowest BCUT2D eigenvalue weighted by Crippen LogP contribution is -2.17. The summed E-state index contributed by atoms with van der Waals surface area (Å²) in [5, 5.41) is 2.49. The van der Waals surface area contributed by atoms with Crippen molar-refractivity contribution < 1.29 is 27.2 Å². The van der Waals surface area contributed by atoms with E-state index < -0.39 is 57.9 Å². The zero-order valence-electron chi connectivity index (χ0n) is 17.8. The minimum absolute atomic E-state index is 0.0328. The number of hydrogen-bond acceptors (Lipinski definition) is 3. The molecule has 1 saturated carbocycles. The normalized spacial score (nSPS) is 18.2. The molecular formula is C24H14Cl4F4N2O2. The molecule has 1 aliphatic rings. The molecule has 2 atom stereocenters. The van der Waals surface area contributed by atoms with Crippen LogP contribution in [-0.4, -0.2) is 21.0 Å². The number of pyridine rings is 1. The monoisotopic (exact) mass is 578 g/mol. The molecule has 4 rings (SSSR count). The van der Waals surface area contributed by atoms with Crippen LogP contribution in [0.3, 0.4) is 0 Å². The standard InChI is InChI=1S/C24H14Cl4F4N2O2/c25-15-4-2-12(7-13(15)19(35)8-18-17(30)6-11(29)9-33-18)34-23(36)21-20(24(21,27)28)10-1-3-16(26)14(5-10)22(31)32/h1-7,9,20-22H,8H2,(H,34,36). The van der Waals surface area contributed by atoms with Crippen LogP contribution in [-0.2, 0) is 11.2 Å². The smallest absolute Gasteiger partial charge is 0.265 e. The molecule has 2 unspecified atom stereocenters. The van der Waals surface area contributed by atoms with Gasteiger partial charge in [-0.3, -0.25) is 14.6 Å². The number of ketones is 1. The van der Waals surface area contributed by atoms with E-state index in [1.807, 2.05) is 0 Å². The summed E-state index contributed by atoms with van der Waals surface area (Å²) < 4.78 is 51.9. The van der Waals surface area contributed by atoms with Crippen LogP contribution in [0, 0.1) is 17.6 Å². The van der Waals surface area contributed by atoms with Crippen molar-refractivity contribution in [3.8, 4) is 0 Å². The van der Waals surface area contributed by atoms with Gasteiger partial charge in [-0.15, -0.1) is 23.2 Å². The molecule has 36 heavy (non-hydrogen) atoms. The summed E-state index contributed by atoms with van der Waals surface area (Å²) in [5.74, 6) is -4.88. The number of nitrogens with one attached hydrogen (secondary N) is 1. The molecule has 12 heteroatoms. The lowest BCUT2D eigenvalue weighted by atomic mass is 10.0. The Morgan fingerprint density at radius 2 is 1.72 bits per heavy atom. The number of alkyl halides is 4. The van der Waals surface area contributed by atoms with Crippen molar-refractivity contribution in [2.24, 2.45) is 5.92 Å². The van der Waals surface area contributed by atoms with Crippen molar-refractivity contribution in [3.05, 3.63) is 92.7 Å². The molecule has 1 amide bonds. The third-order valence-electron chi connectivity index (χ3n) is 5.70. The highest BCUT2D eigenvalue weighted by atomic mass is 35.5. The summed E-state index contributed by atoms with van der Waals surface area (Å²) in [6.45, 7) is 0. The quantitative estimate of drug-likeness (QED) is 0.178. The van der Waals surface area contributed by atoms with Crippen LogP contribution in [0.4, 0.5) is 23.2 Å². The number of rotatable bonds is 7. The van der Waals surface area contributed by atoms with Gasteiger partial charge in [-0.2, -0.15) is 0 Å². The molecule has 0 aliphatic heterocycles. The zero-order chi connectivity index (χ0) is 26.4. The number of nitrogens with zero attached hydrogens (tertiary/aromatic N) is 1. The first-order valence-corrected chi connectivity index (χ1v) is 11.8. The zero-order valence-corrected chi connectivity index (χ0v) is 20.9. The molecule has 1 heterocycles. The van der Waals surface area contributed by atoms with Crippen LogP contribution in [0.25, 0.3) is 0 Å². The molecule has 2 aromatic carbocycles. The highest BCUT2D eigenvalue weighted by Crippen LogP contribution is 2.65. The van der Waals surface area contributed by atoms with Gasteiger partial charge in [-0.1, -0.05) is 29.3 Å². The van der Waals surface area contributed by atoms with E-state index in [2.05, 4.69) is 10.3 Å². The SMILES string of the molecule is O=C(Cc1ncc(F)cc1F)c1cc(NC(=O)C2C(c3ccc(Cl)c(C(F)F)c3)C2(Cl)Cl)ccc1Cl. The fourth-order valence-corrected chi connectivity index (χ4v) is 5.10. The number of amides is 1. The number of benzene rings is 2. The Balaban J connectivity index is 1.52. The topological polar surface area (TPSA) is 59.1 Å². The van der Waals surface area contributed by atoms with Gasteiger partial charge < -0.3 is 5.32 Å². The Morgan fingerprint density at radius 1 is 1.03 bits per heavy atom. The molecule has 188 valence electrons. The maximum absolute atomic E-state index is 13.9. The lowest BCUT2D eigenvalue weighted by Gasteiger charge is -2.10. The highest BCUT2D eigenvalue weighted by Gasteiger charge is 2.67. The molecule has 3 aromatic rings. The van der Waals surface area contributed by atoms with E-state index in [1.54, 1.807) is 0 Å². The average Bonchev–Trinajstić information content (AvgIpc) is 3.39. The third kappa shape index (κ3) is 5.32. The van der Waals surface area contributed by atoms with Gasteiger partial charge in [0.1, 0.15) is 16.0 Å². The number of carbonyl (C=O) groups excluding carboxylic acids is 2. The minimum Gasteiger partial charge on any atom is -0.326 e. The van der Waals surface area contributed by atoms with Gasteiger partial charge in [-0.25, -0.2) is 17.6 Å². The molecule has 0 spiro atoms. The van der Waals surface area contributed by atoms with E-state index >= 15 is 0 Å². The molecule has 1 fully saturated rings. The van der Waals surface area contributed by atoms with E-state index in [1.165, 1.54) is 30.3 Å². The van der Waals surface area contributed by atoms with Gasteiger partial charge in [0, 0.05) is 33.8 Å². The summed E-state index contributed by atoms with van der Waals surface area (Å²) in [6.07, 6.45) is -2.54. The Labute approximate surface area is 222 Å². The Bertz CT molecular complexity index is 1370. The summed E-state index contributed by atoms with van der Waals surface area (Å²) in [4.78, 5) is 29.2. The summed E-state index contributed by atoms with van der Waals surface area (Å²) in [5.41, 5.74) is -0.222. The Morgan fingerprint density at radius 3 is 2.39 bits per heavy atom. The number of carbonyl (C=O) groups is 2. The maximum Gasteiger partial charge on any atom is 0.265 e. The van der Waals surface area contributed by atoms with Crippen molar-refractivity contribution >= 4 is 63.8 Å². The number of aromatic nitrogens is 1. The van der Waals surface area contributed by atoms with Crippen molar-refractivity contribution in [1.29, 1.82) is 0 Å².